The van der Waals surface area contributed by atoms with Gasteiger partial charge in [0, 0.05) is 6.08 Å². The van der Waals surface area contributed by atoms with Gasteiger partial charge < -0.3 is 10.6 Å². The maximum absolute atomic E-state index is 13.1. The molecule has 2 rings (SSSR count). The van der Waals surface area contributed by atoms with Gasteiger partial charge in [-0.05, 0) is 18.4 Å². The van der Waals surface area contributed by atoms with E-state index < -0.39 is 47.4 Å². The van der Waals surface area contributed by atoms with Gasteiger partial charge in [-0.25, -0.2) is 0 Å². The molecule has 1 heterocycles. The molecule has 0 radical (unpaired) electrons. The number of carbonyl (C=O) groups excluding carboxylic acids is 5. The second kappa shape index (κ2) is 13.2. The van der Waals surface area contributed by atoms with Gasteiger partial charge in [0.15, 0.2) is 5.78 Å². The quantitative estimate of drug-likeness (QED) is 0.195. The van der Waals surface area contributed by atoms with E-state index in [-0.39, 0.29) is 18.2 Å². The molecule has 8 nitrogen and oxygen atoms in total. The van der Waals surface area contributed by atoms with Crippen LogP contribution in [0.3, 0.4) is 0 Å². The van der Waals surface area contributed by atoms with Crippen LogP contribution in [0.15, 0.2) is 66.8 Å². The zero-order valence-electron chi connectivity index (χ0n) is 20.5. The lowest BCUT2D eigenvalue weighted by Crippen LogP contribution is -2.49. The average molecular weight is 480 g/mol. The van der Waals surface area contributed by atoms with Crippen molar-refractivity contribution in [3.63, 3.8) is 0 Å². The average Bonchev–Trinajstić information content (AvgIpc) is 3.07. The Morgan fingerprint density at radius 3 is 2.20 bits per heavy atom. The van der Waals surface area contributed by atoms with Crippen LogP contribution in [0.4, 0.5) is 0 Å². The fourth-order valence-electron chi connectivity index (χ4n) is 3.78. The van der Waals surface area contributed by atoms with Crippen molar-refractivity contribution < 1.29 is 24.0 Å². The molecular weight excluding hydrogens is 446 g/mol. The van der Waals surface area contributed by atoms with E-state index in [0.717, 1.165) is 5.56 Å². The molecule has 1 saturated heterocycles. The Morgan fingerprint density at radius 1 is 0.971 bits per heavy atom. The zero-order valence-corrected chi connectivity index (χ0v) is 20.5. The Kier molecular flexibility index (Phi) is 10.3. The van der Waals surface area contributed by atoms with Crippen LogP contribution in [0.1, 0.15) is 45.7 Å². The van der Waals surface area contributed by atoms with Gasteiger partial charge in [0.05, 0.1) is 24.4 Å². The highest BCUT2D eigenvalue weighted by atomic mass is 16.2. The number of allylic oxidation sites excluding steroid dienone is 5. The van der Waals surface area contributed by atoms with Gasteiger partial charge >= 0.3 is 0 Å². The van der Waals surface area contributed by atoms with Crippen LogP contribution in [0.5, 0.6) is 0 Å². The first kappa shape index (κ1) is 27.4. The summed E-state index contributed by atoms with van der Waals surface area (Å²) in [4.78, 5) is 62.5. The Hall–Kier alpha value is -3.81. The molecule has 0 aliphatic carbocycles. The highest BCUT2D eigenvalue weighted by Gasteiger charge is 2.46. The number of amides is 4. The maximum atomic E-state index is 13.1. The number of nitrogens with one attached hydrogen (secondary N) is 3. The summed E-state index contributed by atoms with van der Waals surface area (Å²) in [5.74, 6) is -4.71. The summed E-state index contributed by atoms with van der Waals surface area (Å²) in [7, 11) is 0. The van der Waals surface area contributed by atoms with Crippen molar-refractivity contribution in [1.82, 2.24) is 16.0 Å². The monoisotopic (exact) mass is 479 g/mol. The van der Waals surface area contributed by atoms with Gasteiger partial charge in [-0.2, -0.15) is 0 Å². The number of hydrogen-bond acceptors (Lipinski definition) is 5. The molecule has 0 unspecified atom stereocenters. The minimum atomic E-state index is -1.14. The molecule has 1 fully saturated rings. The fraction of sp³-hybridized carbons (Fsp3) is 0.370. The smallest absolute Gasteiger partial charge is 0.244 e. The SMILES string of the molecule is CC=CC=CC=CC(=O)N[C@@H](CC(=O)N[C@H](C(=O)[C@H]1C(=O)NC(=O)[C@@H]1C)C(C)C)c1ccccc1. The number of Topliss-reactive ketones (excluding diaryl/α,β-unsaturated/α-hetero) is 1. The van der Waals surface area contributed by atoms with Gasteiger partial charge in [0.2, 0.25) is 23.6 Å². The number of hydrogen-bond donors (Lipinski definition) is 3. The highest BCUT2D eigenvalue weighted by molar-refractivity contribution is 6.16. The maximum Gasteiger partial charge on any atom is 0.244 e. The predicted molar refractivity (Wildman–Crippen MR) is 133 cm³/mol. The molecule has 35 heavy (non-hydrogen) atoms. The van der Waals surface area contributed by atoms with Gasteiger partial charge in [0.1, 0.15) is 5.92 Å². The molecule has 0 spiro atoms. The van der Waals surface area contributed by atoms with Crippen molar-refractivity contribution in [2.75, 3.05) is 0 Å². The largest absolute Gasteiger partial charge is 0.346 e. The van der Waals surface area contributed by atoms with Gasteiger partial charge in [0.25, 0.3) is 0 Å². The summed E-state index contributed by atoms with van der Waals surface area (Å²) in [5.41, 5.74) is 0.732. The lowest BCUT2D eigenvalue weighted by Gasteiger charge is -2.25. The van der Waals surface area contributed by atoms with E-state index in [0.29, 0.717) is 0 Å². The number of benzene rings is 1. The lowest BCUT2D eigenvalue weighted by atomic mass is 9.85. The van der Waals surface area contributed by atoms with E-state index in [9.17, 15) is 24.0 Å². The zero-order chi connectivity index (χ0) is 26.0. The lowest BCUT2D eigenvalue weighted by molar-refractivity contribution is -0.137. The third kappa shape index (κ3) is 7.88. The fourth-order valence-corrected chi connectivity index (χ4v) is 3.78. The van der Waals surface area contributed by atoms with E-state index in [1.165, 1.54) is 13.0 Å². The first-order valence-electron chi connectivity index (χ1n) is 11.6. The molecule has 1 aromatic carbocycles. The molecule has 1 aliphatic heterocycles. The summed E-state index contributed by atoms with van der Waals surface area (Å²) in [6, 6.07) is 7.46. The molecule has 3 N–H and O–H groups in total. The van der Waals surface area contributed by atoms with Crippen LogP contribution in [0, 0.1) is 17.8 Å². The Morgan fingerprint density at radius 2 is 1.63 bits per heavy atom. The van der Waals surface area contributed by atoms with Crippen LogP contribution in [-0.4, -0.2) is 35.5 Å². The van der Waals surface area contributed by atoms with Gasteiger partial charge in [-0.1, -0.05) is 81.5 Å². The number of carbonyl (C=O) groups is 5. The molecule has 0 saturated carbocycles. The summed E-state index contributed by atoms with van der Waals surface area (Å²) in [6.07, 6.45) is 10.0. The van der Waals surface area contributed by atoms with Crippen molar-refractivity contribution in [3.05, 3.63) is 72.4 Å². The van der Waals surface area contributed by atoms with Crippen molar-refractivity contribution in [1.29, 1.82) is 0 Å². The summed E-state index contributed by atoms with van der Waals surface area (Å²) < 4.78 is 0. The second-order valence-corrected chi connectivity index (χ2v) is 8.76. The van der Waals surface area contributed by atoms with E-state index in [2.05, 4.69) is 16.0 Å². The molecule has 1 aromatic rings. The van der Waals surface area contributed by atoms with E-state index in [1.807, 2.05) is 25.1 Å². The van der Waals surface area contributed by atoms with Crippen molar-refractivity contribution in [2.45, 2.75) is 46.2 Å². The van der Waals surface area contributed by atoms with Crippen molar-refractivity contribution >= 4 is 29.4 Å². The summed E-state index contributed by atoms with van der Waals surface area (Å²) >= 11 is 0. The number of ketones is 1. The van der Waals surface area contributed by atoms with Crippen molar-refractivity contribution in [2.24, 2.45) is 17.8 Å². The molecule has 4 amide bonds. The van der Waals surface area contributed by atoms with Crippen LogP contribution in [0.2, 0.25) is 0 Å². The second-order valence-electron chi connectivity index (χ2n) is 8.76. The molecule has 4 atom stereocenters. The van der Waals surface area contributed by atoms with E-state index in [1.54, 1.807) is 56.3 Å². The number of rotatable bonds is 11. The summed E-state index contributed by atoms with van der Waals surface area (Å²) in [6.45, 7) is 6.91. The van der Waals surface area contributed by atoms with Crippen LogP contribution >= 0.6 is 0 Å². The topological polar surface area (TPSA) is 121 Å². The molecular formula is C27H33N3O5. The van der Waals surface area contributed by atoms with Gasteiger partial charge in [-0.3, -0.25) is 29.3 Å². The number of imide groups is 1. The van der Waals surface area contributed by atoms with Crippen LogP contribution in [0.25, 0.3) is 0 Å². The minimum absolute atomic E-state index is 0.111. The standard InChI is InChI=1S/C27H33N3O5/c1-5-6-7-8-12-15-21(31)28-20(19-13-10-9-11-14-19)16-22(32)29-24(17(2)3)25(33)23-18(4)26(34)30-27(23)35/h5-15,17-18,20,23-24H,16H2,1-4H3,(H,28,31)(H,29,32)(H,30,34,35)/t18-,20+,23+,24+/m1/s1. The first-order chi connectivity index (χ1) is 16.6. The third-order valence-corrected chi connectivity index (χ3v) is 5.72. The van der Waals surface area contributed by atoms with Gasteiger partial charge in [-0.15, -0.1) is 0 Å². The molecule has 8 heteroatoms. The van der Waals surface area contributed by atoms with Crippen molar-refractivity contribution in [3.8, 4) is 0 Å². The minimum Gasteiger partial charge on any atom is -0.346 e. The Bertz CT molecular complexity index is 1030. The molecule has 0 aromatic heterocycles. The Labute approximate surface area is 205 Å². The normalized spacial score (nSPS) is 19.9. The summed E-state index contributed by atoms with van der Waals surface area (Å²) in [5, 5.41) is 7.72. The highest BCUT2D eigenvalue weighted by Crippen LogP contribution is 2.24. The molecule has 186 valence electrons. The van der Waals surface area contributed by atoms with E-state index >= 15 is 0 Å². The Balaban J connectivity index is 2.14. The van der Waals surface area contributed by atoms with Crippen LogP contribution < -0.4 is 16.0 Å². The molecule has 0 bridgehead atoms. The van der Waals surface area contributed by atoms with Crippen LogP contribution in [-0.2, 0) is 24.0 Å². The third-order valence-electron chi connectivity index (χ3n) is 5.72. The first-order valence-corrected chi connectivity index (χ1v) is 11.6. The van der Waals surface area contributed by atoms with E-state index in [4.69, 9.17) is 0 Å². The molecule has 1 aliphatic rings. The predicted octanol–water partition coefficient (Wildman–Crippen LogP) is 2.54.